The average Bonchev–Trinajstić information content (AvgIpc) is 2.74. The number of nitrogens with zero attached hydrogens (tertiary/aromatic N) is 3. The van der Waals surface area contributed by atoms with Crippen LogP contribution in [-0.4, -0.2) is 20.4 Å². The standard InChI is InChI=1S/C22H24N4O2/c1-2-19(21(27)23-13-15-8-4-3-5-9-15)26-14-24-20-17(22(26)28)12-16-10-6-7-11-18(16)25-20/h3-5,8-9,12,14,19H,2,6-7,10-11,13H2,1H3,(H,23,27)/t19-/m1/s1. The van der Waals surface area contributed by atoms with Crippen molar-refractivity contribution in [3.8, 4) is 0 Å². The molecule has 0 spiro atoms. The molecular formula is C22H24N4O2. The minimum Gasteiger partial charge on any atom is -0.350 e. The van der Waals surface area contributed by atoms with Crippen molar-refractivity contribution in [3.05, 3.63) is 69.9 Å². The molecule has 1 aliphatic carbocycles. The fourth-order valence-corrected chi connectivity index (χ4v) is 3.82. The molecule has 1 N–H and O–H groups in total. The van der Waals surface area contributed by atoms with E-state index in [1.807, 2.05) is 43.3 Å². The Bertz CT molecular complexity index is 1060. The quantitative estimate of drug-likeness (QED) is 0.743. The molecule has 4 rings (SSSR count). The van der Waals surface area contributed by atoms with Crippen LogP contribution in [0.5, 0.6) is 0 Å². The van der Waals surface area contributed by atoms with Crippen LogP contribution in [-0.2, 0) is 24.2 Å². The summed E-state index contributed by atoms with van der Waals surface area (Å²) in [5.74, 6) is -0.180. The maximum Gasteiger partial charge on any atom is 0.263 e. The lowest BCUT2D eigenvalue weighted by Gasteiger charge is -2.19. The Kier molecular flexibility index (Phi) is 5.19. The van der Waals surface area contributed by atoms with Crippen molar-refractivity contribution < 1.29 is 4.79 Å². The number of rotatable bonds is 5. The highest BCUT2D eigenvalue weighted by atomic mass is 16.2. The van der Waals surface area contributed by atoms with Gasteiger partial charge in [-0.15, -0.1) is 0 Å². The van der Waals surface area contributed by atoms with Crippen LogP contribution in [0.3, 0.4) is 0 Å². The van der Waals surface area contributed by atoms with Gasteiger partial charge in [0.1, 0.15) is 12.4 Å². The zero-order valence-electron chi connectivity index (χ0n) is 16.0. The number of carbonyl (C=O) groups excluding carboxylic acids is 1. The van der Waals surface area contributed by atoms with Crippen molar-refractivity contribution in [1.82, 2.24) is 19.9 Å². The molecule has 3 aromatic rings. The molecule has 0 bridgehead atoms. The molecule has 1 aromatic carbocycles. The van der Waals surface area contributed by atoms with Gasteiger partial charge in [0.15, 0.2) is 5.65 Å². The highest BCUT2D eigenvalue weighted by Crippen LogP contribution is 2.22. The molecule has 0 radical (unpaired) electrons. The highest BCUT2D eigenvalue weighted by Gasteiger charge is 2.22. The molecular weight excluding hydrogens is 352 g/mol. The first-order valence-electron chi connectivity index (χ1n) is 9.88. The summed E-state index contributed by atoms with van der Waals surface area (Å²) in [7, 11) is 0. The van der Waals surface area contributed by atoms with Crippen LogP contribution in [0.1, 0.15) is 49.0 Å². The lowest BCUT2D eigenvalue weighted by Crippen LogP contribution is -2.37. The van der Waals surface area contributed by atoms with Gasteiger partial charge in [-0.25, -0.2) is 9.97 Å². The third-order valence-electron chi connectivity index (χ3n) is 5.38. The van der Waals surface area contributed by atoms with Crippen molar-refractivity contribution >= 4 is 16.9 Å². The van der Waals surface area contributed by atoms with Gasteiger partial charge in [0.05, 0.1) is 5.39 Å². The van der Waals surface area contributed by atoms with Crippen LogP contribution in [0.4, 0.5) is 0 Å². The minimum absolute atomic E-state index is 0.180. The largest absolute Gasteiger partial charge is 0.350 e. The van der Waals surface area contributed by atoms with Gasteiger partial charge in [0.25, 0.3) is 5.56 Å². The van der Waals surface area contributed by atoms with Crippen molar-refractivity contribution in [2.24, 2.45) is 0 Å². The SMILES string of the molecule is CC[C@H](C(=O)NCc1ccccc1)n1cnc2nc3c(cc2c1=O)CCCC3. The molecule has 28 heavy (non-hydrogen) atoms. The molecule has 0 aliphatic heterocycles. The van der Waals surface area contributed by atoms with Crippen LogP contribution in [0.25, 0.3) is 11.0 Å². The Balaban J connectivity index is 1.63. The molecule has 6 heteroatoms. The Morgan fingerprint density at radius 2 is 2.00 bits per heavy atom. The molecule has 1 aliphatic rings. The summed E-state index contributed by atoms with van der Waals surface area (Å²) >= 11 is 0. The van der Waals surface area contributed by atoms with Crippen molar-refractivity contribution in [1.29, 1.82) is 0 Å². The van der Waals surface area contributed by atoms with Crippen molar-refractivity contribution in [3.63, 3.8) is 0 Å². The minimum atomic E-state index is -0.593. The second-order valence-corrected chi connectivity index (χ2v) is 7.26. The smallest absolute Gasteiger partial charge is 0.263 e. The third-order valence-corrected chi connectivity index (χ3v) is 5.38. The van der Waals surface area contributed by atoms with E-state index < -0.39 is 6.04 Å². The van der Waals surface area contributed by atoms with Crippen molar-refractivity contribution in [2.45, 2.75) is 51.6 Å². The Morgan fingerprint density at radius 3 is 2.79 bits per heavy atom. The van der Waals surface area contributed by atoms with Crippen molar-refractivity contribution in [2.75, 3.05) is 0 Å². The number of pyridine rings is 1. The molecule has 0 saturated heterocycles. The number of hydrogen-bond donors (Lipinski definition) is 1. The van der Waals surface area contributed by atoms with Gasteiger partial charge in [-0.2, -0.15) is 0 Å². The number of benzene rings is 1. The number of aromatic nitrogens is 3. The average molecular weight is 376 g/mol. The van der Waals surface area contributed by atoms with Crippen LogP contribution in [0.2, 0.25) is 0 Å². The molecule has 0 unspecified atom stereocenters. The van der Waals surface area contributed by atoms with Crippen LogP contribution >= 0.6 is 0 Å². The molecule has 144 valence electrons. The number of carbonyl (C=O) groups is 1. The molecule has 1 atom stereocenters. The lowest BCUT2D eigenvalue weighted by atomic mass is 9.95. The van der Waals surface area contributed by atoms with E-state index in [-0.39, 0.29) is 11.5 Å². The van der Waals surface area contributed by atoms with Crippen LogP contribution < -0.4 is 10.9 Å². The number of nitrogens with one attached hydrogen (secondary N) is 1. The van der Waals surface area contributed by atoms with E-state index in [1.165, 1.54) is 10.9 Å². The summed E-state index contributed by atoms with van der Waals surface area (Å²) in [6, 6.07) is 11.1. The van der Waals surface area contributed by atoms with E-state index >= 15 is 0 Å². The van der Waals surface area contributed by atoms with E-state index in [1.54, 1.807) is 0 Å². The van der Waals surface area contributed by atoms with Crippen LogP contribution in [0.15, 0.2) is 47.5 Å². The summed E-state index contributed by atoms with van der Waals surface area (Å²) in [5.41, 5.74) is 3.48. The third kappa shape index (κ3) is 3.54. The summed E-state index contributed by atoms with van der Waals surface area (Å²) < 4.78 is 1.44. The molecule has 2 heterocycles. The molecule has 6 nitrogen and oxygen atoms in total. The van der Waals surface area contributed by atoms with E-state index in [0.717, 1.165) is 42.5 Å². The maximum atomic E-state index is 13.1. The van der Waals surface area contributed by atoms with Gasteiger partial charge >= 0.3 is 0 Å². The predicted octanol–water partition coefficient (Wildman–Crippen LogP) is 2.94. The van der Waals surface area contributed by atoms with Gasteiger partial charge in [-0.05, 0) is 49.3 Å². The van der Waals surface area contributed by atoms with Crippen LogP contribution in [0, 0.1) is 0 Å². The number of hydrogen-bond acceptors (Lipinski definition) is 4. The fourth-order valence-electron chi connectivity index (χ4n) is 3.82. The van der Waals surface area contributed by atoms with Gasteiger partial charge in [0, 0.05) is 12.2 Å². The van der Waals surface area contributed by atoms with Gasteiger partial charge in [-0.1, -0.05) is 37.3 Å². The fraction of sp³-hybridized carbons (Fsp3) is 0.364. The van der Waals surface area contributed by atoms with Gasteiger partial charge in [0.2, 0.25) is 5.91 Å². The molecule has 0 fully saturated rings. The Hall–Kier alpha value is -3.02. The Morgan fingerprint density at radius 1 is 1.21 bits per heavy atom. The first-order valence-corrected chi connectivity index (χ1v) is 9.88. The van der Waals surface area contributed by atoms with E-state index in [0.29, 0.717) is 24.0 Å². The summed E-state index contributed by atoms with van der Waals surface area (Å²) in [5, 5.41) is 3.43. The second-order valence-electron chi connectivity index (χ2n) is 7.26. The summed E-state index contributed by atoms with van der Waals surface area (Å²) in [4.78, 5) is 34.8. The number of fused-ring (bicyclic) bond motifs is 2. The van der Waals surface area contributed by atoms with E-state index in [4.69, 9.17) is 0 Å². The molecule has 0 saturated carbocycles. The maximum absolute atomic E-state index is 13.1. The first kappa shape index (κ1) is 18.3. The zero-order valence-corrected chi connectivity index (χ0v) is 16.0. The molecule has 1 amide bonds. The second kappa shape index (κ2) is 7.92. The monoisotopic (exact) mass is 376 g/mol. The van der Waals surface area contributed by atoms with E-state index in [9.17, 15) is 9.59 Å². The molecule has 2 aromatic heterocycles. The normalized spacial score (nSPS) is 14.5. The topological polar surface area (TPSA) is 76.9 Å². The van der Waals surface area contributed by atoms with Gasteiger partial charge < -0.3 is 5.32 Å². The highest BCUT2D eigenvalue weighted by molar-refractivity contribution is 5.81. The lowest BCUT2D eigenvalue weighted by molar-refractivity contribution is -0.124. The summed E-state index contributed by atoms with van der Waals surface area (Å²) in [6.07, 6.45) is 6.10. The van der Waals surface area contributed by atoms with E-state index in [2.05, 4.69) is 15.3 Å². The number of amides is 1. The Labute approximate surface area is 163 Å². The number of aryl methyl sites for hydroxylation is 2. The predicted molar refractivity (Wildman–Crippen MR) is 108 cm³/mol. The van der Waals surface area contributed by atoms with Gasteiger partial charge in [-0.3, -0.25) is 14.2 Å². The zero-order chi connectivity index (χ0) is 19.5. The first-order chi connectivity index (χ1) is 13.7. The summed E-state index contributed by atoms with van der Waals surface area (Å²) in [6.45, 7) is 2.33.